The first-order valence-electron chi connectivity index (χ1n) is 4.26. The molecule has 0 aromatic rings. The Balaban J connectivity index is 2.46. The number of halogens is 3. The van der Waals surface area contributed by atoms with E-state index in [1.165, 1.54) is 0 Å². The highest BCUT2D eigenvalue weighted by atomic mass is 19.4. The summed E-state index contributed by atoms with van der Waals surface area (Å²) < 4.78 is 36.7. The highest BCUT2D eigenvalue weighted by Crippen LogP contribution is 2.32. The standard InChI is InChI=1S/C8H12F3NO/c9-8(10,11)7-2-1-3-12(6-7)4-5-13/h5,7H,1-4,6H2. The molecule has 0 saturated carbocycles. The van der Waals surface area contributed by atoms with Crippen LogP contribution < -0.4 is 0 Å². The van der Waals surface area contributed by atoms with Gasteiger partial charge in [-0.15, -0.1) is 0 Å². The monoisotopic (exact) mass is 195 g/mol. The number of alkyl halides is 3. The predicted molar refractivity (Wildman–Crippen MR) is 41.3 cm³/mol. The minimum absolute atomic E-state index is 0.0256. The van der Waals surface area contributed by atoms with Gasteiger partial charge in [0.1, 0.15) is 6.29 Å². The van der Waals surface area contributed by atoms with E-state index in [0.29, 0.717) is 19.3 Å². The lowest BCUT2D eigenvalue weighted by atomic mass is 9.98. The van der Waals surface area contributed by atoms with Gasteiger partial charge < -0.3 is 4.79 Å². The maximum absolute atomic E-state index is 12.2. The molecule has 5 heteroatoms. The van der Waals surface area contributed by atoms with Crippen LogP contribution in [-0.4, -0.2) is 37.0 Å². The SMILES string of the molecule is O=CCN1CCCC(C(F)(F)F)C1. The fourth-order valence-electron chi connectivity index (χ4n) is 1.59. The average Bonchev–Trinajstić information content (AvgIpc) is 2.04. The van der Waals surface area contributed by atoms with E-state index in [2.05, 4.69) is 0 Å². The Kier molecular flexibility index (Phi) is 3.30. The maximum atomic E-state index is 12.2. The summed E-state index contributed by atoms with van der Waals surface area (Å²) in [5.74, 6) is -1.25. The molecule has 0 aliphatic carbocycles. The fraction of sp³-hybridized carbons (Fsp3) is 0.875. The van der Waals surface area contributed by atoms with Gasteiger partial charge >= 0.3 is 6.18 Å². The highest BCUT2D eigenvalue weighted by molar-refractivity contribution is 5.51. The van der Waals surface area contributed by atoms with E-state index in [1.807, 2.05) is 0 Å². The second-order valence-electron chi connectivity index (χ2n) is 3.31. The third-order valence-electron chi connectivity index (χ3n) is 2.30. The maximum Gasteiger partial charge on any atom is 0.393 e. The first-order valence-corrected chi connectivity index (χ1v) is 4.26. The average molecular weight is 195 g/mol. The zero-order valence-electron chi connectivity index (χ0n) is 7.18. The largest absolute Gasteiger partial charge is 0.393 e. The number of nitrogens with zero attached hydrogens (tertiary/aromatic N) is 1. The van der Waals surface area contributed by atoms with Crippen molar-refractivity contribution in [2.45, 2.75) is 19.0 Å². The molecule has 0 N–H and O–H groups in total. The van der Waals surface area contributed by atoms with Crippen molar-refractivity contribution in [1.29, 1.82) is 0 Å². The summed E-state index contributed by atoms with van der Waals surface area (Å²) in [6, 6.07) is 0. The van der Waals surface area contributed by atoms with Gasteiger partial charge in [0.2, 0.25) is 0 Å². The van der Waals surface area contributed by atoms with Crippen LogP contribution in [0, 0.1) is 5.92 Å². The van der Waals surface area contributed by atoms with Crippen molar-refractivity contribution in [3.05, 3.63) is 0 Å². The van der Waals surface area contributed by atoms with E-state index in [4.69, 9.17) is 0 Å². The molecule has 0 amide bonds. The van der Waals surface area contributed by atoms with Crippen LogP contribution in [0.1, 0.15) is 12.8 Å². The number of hydrogen-bond donors (Lipinski definition) is 0. The van der Waals surface area contributed by atoms with Crippen LogP contribution >= 0.6 is 0 Å². The number of likely N-dealkylation sites (tertiary alicyclic amines) is 1. The lowest BCUT2D eigenvalue weighted by Gasteiger charge is -2.32. The van der Waals surface area contributed by atoms with E-state index in [-0.39, 0.29) is 19.5 Å². The van der Waals surface area contributed by atoms with Gasteiger partial charge in [-0.1, -0.05) is 0 Å². The van der Waals surface area contributed by atoms with Crippen LogP contribution in [0.5, 0.6) is 0 Å². The number of rotatable bonds is 2. The van der Waals surface area contributed by atoms with Crippen LogP contribution in [0.3, 0.4) is 0 Å². The van der Waals surface area contributed by atoms with Gasteiger partial charge in [-0.05, 0) is 19.4 Å². The molecule has 1 saturated heterocycles. The summed E-state index contributed by atoms with van der Waals surface area (Å²) in [5.41, 5.74) is 0. The number of carbonyl (C=O) groups excluding carboxylic acids is 1. The number of piperidine rings is 1. The van der Waals surface area contributed by atoms with Gasteiger partial charge in [-0.3, -0.25) is 4.90 Å². The fourth-order valence-corrected chi connectivity index (χ4v) is 1.59. The van der Waals surface area contributed by atoms with Gasteiger partial charge in [-0.25, -0.2) is 0 Å². The van der Waals surface area contributed by atoms with Crippen LogP contribution in [0.25, 0.3) is 0 Å². The molecule has 1 rings (SSSR count). The van der Waals surface area contributed by atoms with Gasteiger partial charge in [0, 0.05) is 6.54 Å². The Hall–Kier alpha value is -0.580. The van der Waals surface area contributed by atoms with E-state index in [0.717, 1.165) is 0 Å². The van der Waals surface area contributed by atoms with E-state index in [1.54, 1.807) is 4.90 Å². The predicted octanol–water partition coefficient (Wildman–Crippen LogP) is 1.46. The van der Waals surface area contributed by atoms with E-state index in [9.17, 15) is 18.0 Å². The van der Waals surface area contributed by atoms with Gasteiger partial charge in [0.25, 0.3) is 0 Å². The zero-order chi connectivity index (χ0) is 9.90. The molecular formula is C8H12F3NO. The molecule has 1 unspecified atom stereocenters. The zero-order valence-corrected chi connectivity index (χ0v) is 7.18. The van der Waals surface area contributed by atoms with E-state index < -0.39 is 12.1 Å². The first kappa shape index (κ1) is 10.5. The molecule has 0 aromatic heterocycles. The van der Waals surface area contributed by atoms with E-state index >= 15 is 0 Å². The molecule has 13 heavy (non-hydrogen) atoms. The highest BCUT2D eigenvalue weighted by Gasteiger charge is 2.41. The summed E-state index contributed by atoms with van der Waals surface area (Å²) in [5, 5.41) is 0. The lowest BCUT2D eigenvalue weighted by molar-refractivity contribution is -0.186. The molecule has 1 atom stereocenters. The van der Waals surface area contributed by atoms with Gasteiger partial charge in [0.15, 0.2) is 0 Å². The van der Waals surface area contributed by atoms with Crippen molar-refractivity contribution in [2.75, 3.05) is 19.6 Å². The Morgan fingerprint density at radius 1 is 1.46 bits per heavy atom. The van der Waals surface area contributed by atoms with Crippen molar-refractivity contribution < 1.29 is 18.0 Å². The second-order valence-corrected chi connectivity index (χ2v) is 3.31. The van der Waals surface area contributed by atoms with Crippen molar-refractivity contribution in [2.24, 2.45) is 5.92 Å². The quantitative estimate of drug-likeness (QED) is 0.622. The third-order valence-corrected chi connectivity index (χ3v) is 2.30. The van der Waals surface area contributed by atoms with Crippen molar-refractivity contribution in [3.63, 3.8) is 0 Å². The molecule has 2 nitrogen and oxygen atoms in total. The number of hydrogen-bond acceptors (Lipinski definition) is 2. The molecule has 1 fully saturated rings. The third kappa shape index (κ3) is 2.99. The minimum atomic E-state index is -4.11. The molecule has 0 spiro atoms. The second kappa shape index (κ2) is 4.09. The van der Waals surface area contributed by atoms with Crippen LogP contribution in [-0.2, 0) is 4.79 Å². The molecule has 1 aliphatic rings. The normalized spacial score (nSPS) is 25.9. The van der Waals surface area contributed by atoms with Crippen LogP contribution in [0.4, 0.5) is 13.2 Å². The van der Waals surface area contributed by atoms with Gasteiger partial charge in [-0.2, -0.15) is 13.2 Å². The number of aldehydes is 1. The Bertz CT molecular complexity index is 181. The summed E-state index contributed by atoms with van der Waals surface area (Å²) >= 11 is 0. The molecule has 0 aromatic carbocycles. The smallest absolute Gasteiger partial charge is 0.302 e. The van der Waals surface area contributed by atoms with Gasteiger partial charge in [0.05, 0.1) is 12.5 Å². The Morgan fingerprint density at radius 2 is 2.15 bits per heavy atom. The summed E-state index contributed by atoms with van der Waals surface area (Å²) in [6.45, 7) is 0.695. The Labute approximate surface area is 74.7 Å². The lowest BCUT2D eigenvalue weighted by Crippen LogP contribution is -2.42. The van der Waals surface area contributed by atoms with Crippen LogP contribution in [0.2, 0.25) is 0 Å². The summed E-state index contributed by atoms with van der Waals surface area (Å²) in [6.07, 6.45) is -2.74. The van der Waals surface area contributed by atoms with Crippen molar-refractivity contribution in [1.82, 2.24) is 4.90 Å². The molecule has 0 radical (unpaired) electrons. The topological polar surface area (TPSA) is 20.3 Å². The summed E-state index contributed by atoms with van der Waals surface area (Å²) in [7, 11) is 0. The molecule has 0 bridgehead atoms. The molecule has 1 aliphatic heterocycles. The Morgan fingerprint density at radius 3 is 2.69 bits per heavy atom. The first-order chi connectivity index (χ1) is 6.04. The minimum Gasteiger partial charge on any atom is -0.302 e. The summed E-state index contributed by atoms with van der Waals surface area (Å²) in [4.78, 5) is 11.7. The van der Waals surface area contributed by atoms with Crippen molar-refractivity contribution in [3.8, 4) is 0 Å². The molecule has 76 valence electrons. The van der Waals surface area contributed by atoms with Crippen LogP contribution in [0.15, 0.2) is 0 Å². The molecule has 1 heterocycles. The molecular weight excluding hydrogens is 183 g/mol. The number of carbonyl (C=O) groups is 1. The van der Waals surface area contributed by atoms with Crippen molar-refractivity contribution >= 4 is 6.29 Å².